The Bertz CT molecular complexity index is 1030. The molecular formula is C16H12ClN7OS. The van der Waals surface area contributed by atoms with Crippen LogP contribution in [0.4, 0.5) is 0 Å². The average molecular weight is 386 g/mol. The van der Waals surface area contributed by atoms with Crippen LogP contribution >= 0.6 is 23.4 Å². The van der Waals surface area contributed by atoms with Crippen LogP contribution in [0, 0.1) is 0 Å². The summed E-state index contributed by atoms with van der Waals surface area (Å²) in [5.41, 5.74) is 1.69. The van der Waals surface area contributed by atoms with Crippen LogP contribution in [0.3, 0.4) is 0 Å². The van der Waals surface area contributed by atoms with Crippen molar-refractivity contribution in [2.24, 2.45) is 7.05 Å². The molecule has 0 unspecified atom stereocenters. The van der Waals surface area contributed by atoms with E-state index in [-0.39, 0.29) is 0 Å². The van der Waals surface area contributed by atoms with E-state index in [1.54, 1.807) is 30.7 Å². The number of hydrogen-bond acceptors (Lipinski definition) is 8. The van der Waals surface area contributed by atoms with E-state index in [0.717, 1.165) is 22.1 Å². The fourth-order valence-electron chi connectivity index (χ4n) is 2.29. The molecule has 0 amide bonds. The second kappa shape index (κ2) is 7.22. The van der Waals surface area contributed by atoms with Crippen molar-refractivity contribution in [1.29, 1.82) is 0 Å². The molecule has 10 heteroatoms. The zero-order chi connectivity index (χ0) is 17.9. The Morgan fingerprint density at radius 3 is 2.73 bits per heavy atom. The first-order valence-electron chi connectivity index (χ1n) is 7.58. The van der Waals surface area contributed by atoms with Gasteiger partial charge in [-0.1, -0.05) is 28.5 Å². The van der Waals surface area contributed by atoms with E-state index in [4.69, 9.17) is 16.1 Å². The van der Waals surface area contributed by atoms with Crippen molar-refractivity contribution in [3.05, 3.63) is 53.8 Å². The summed E-state index contributed by atoms with van der Waals surface area (Å²) in [5, 5.41) is 13.6. The Hall–Kier alpha value is -2.78. The molecule has 4 heterocycles. The summed E-state index contributed by atoms with van der Waals surface area (Å²) in [5.74, 6) is 2.24. The molecule has 4 aromatic rings. The maximum absolute atomic E-state index is 5.89. The van der Waals surface area contributed by atoms with Crippen LogP contribution in [0.15, 0.2) is 52.5 Å². The maximum Gasteiger partial charge on any atom is 0.258 e. The van der Waals surface area contributed by atoms with Gasteiger partial charge in [0.2, 0.25) is 0 Å². The molecule has 4 aromatic heterocycles. The molecule has 4 rings (SSSR count). The Labute approximate surface area is 157 Å². The average Bonchev–Trinajstić information content (AvgIpc) is 3.28. The lowest BCUT2D eigenvalue weighted by atomic mass is 10.2. The van der Waals surface area contributed by atoms with Gasteiger partial charge in [-0.15, -0.1) is 10.2 Å². The van der Waals surface area contributed by atoms with Crippen molar-refractivity contribution < 1.29 is 4.52 Å². The third-order valence-corrected chi connectivity index (χ3v) is 4.77. The summed E-state index contributed by atoms with van der Waals surface area (Å²) in [6.45, 7) is 0. The lowest BCUT2D eigenvalue weighted by Crippen LogP contribution is -1.95. The minimum absolute atomic E-state index is 0.374. The molecule has 0 spiro atoms. The zero-order valence-electron chi connectivity index (χ0n) is 13.6. The summed E-state index contributed by atoms with van der Waals surface area (Å²) in [7, 11) is 1.92. The molecule has 0 aromatic carbocycles. The predicted octanol–water partition coefficient (Wildman–Crippen LogP) is 3.27. The van der Waals surface area contributed by atoms with Crippen molar-refractivity contribution in [3.8, 4) is 22.8 Å². The quantitative estimate of drug-likeness (QED) is 0.381. The minimum Gasteiger partial charge on any atom is -0.334 e. The SMILES string of the molecule is Cn1c(SCc2noc(-c3ccnc(Cl)c3)n2)nnc1-c1ccncc1. The molecule has 0 bridgehead atoms. The van der Waals surface area contributed by atoms with Gasteiger partial charge in [0.1, 0.15) is 5.15 Å². The van der Waals surface area contributed by atoms with Crippen LogP contribution in [-0.4, -0.2) is 34.9 Å². The molecule has 0 aliphatic heterocycles. The van der Waals surface area contributed by atoms with Crippen molar-refractivity contribution >= 4 is 23.4 Å². The third kappa shape index (κ3) is 3.44. The summed E-state index contributed by atoms with van der Waals surface area (Å²) in [4.78, 5) is 12.3. The number of nitrogens with zero attached hydrogens (tertiary/aromatic N) is 7. The third-order valence-electron chi connectivity index (χ3n) is 3.55. The Morgan fingerprint density at radius 2 is 1.92 bits per heavy atom. The highest BCUT2D eigenvalue weighted by atomic mass is 35.5. The van der Waals surface area contributed by atoms with Crippen LogP contribution in [0.2, 0.25) is 5.15 Å². The van der Waals surface area contributed by atoms with E-state index in [9.17, 15) is 0 Å². The van der Waals surface area contributed by atoms with Crippen LogP contribution in [-0.2, 0) is 12.8 Å². The Balaban J connectivity index is 1.48. The molecule has 0 fully saturated rings. The van der Waals surface area contributed by atoms with Crippen LogP contribution in [0.5, 0.6) is 0 Å². The monoisotopic (exact) mass is 385 g/mol. The van der Waals surface area contributed by atoms with E-state index < -0.39 is 0 Å². The number of pyridine rings is 2. The van der Waals surface area contributed by atoms with E-state index in [2.05, 4.69) is 30.3 Å². The van der Waals surface area contributed by atoms with Gasteiger partial charge in [-0.05, 0) is 24.3 Å². The predicted molar refractivity (Wildman–Crippen MR) is 96.3 cm³/mol. The van der Waals surface area contributed by atoms with Gasteiger partial charge in [0.05, 0.1) is 5.75 Å². The van der Waals surface area contributed by atoms with Gasteiger partial charge in [0, 0.05) is 36.8 Å². The topological polar surface area (TPSA) is 95.4 Å². The molecule has 0 saturated carbocycles. The van der Waals surface area contributed by atoms with E-state index in [1.165, 1.54) is 11.8 Å². The first-order chi connectivity index (χ1) is 12.7. The smallest absolute Gasteiger partial charge is 0.258 e. The summed E-state index contributed by atoms with van der Waals surface area (Å²) in [6.07, 6.45) is 5.04. The molecule has 8 nitrogen and oxygen atoms in total. The molecular weight excluding hydrogens is 374 g/mol. The van der Waals surface area contributed by atoms with Gasteiger partial charge < -0.3 is 9.09 Å². The minimum atomic E-state index is 0.374. The van der Waals surface area contributed by atoms with Gasteiger partial charge in [0.25, 0.3) is 5.89 Å². The van der Waals surface area contributed by atoms with Gasteiger partial charge >= 0.3 is 0 Å². The summed E-state index contributed by atoms with van der Waals surface area (Å²) >= 11 is 7.36. The van der Waals surface area contributed by atoms with Crippen molar-refractivity contribution in [2.75, 3.05) is 0 Å². The van der Waals surface area contributed by atoms with Crippen molar-refractivity contribution in [3.63, 3.8) is 0 Å². The highest BCUT2D eigenvalue weighted by Crippen LogP contribution is 2.25. The fourth-order valence-corrected chi connectivity index (χ4v) is 3.22. The van der Waals surface area contributed by atoms with Crippen molar-refractivity contribution in [1.82, 2.24) is 34.9 Å². The number of rotatable bonds is 5. The standard InChI is InChI=1S/C16H12ClN7OS/c1-24-14(10-2-5-18-6-3-10)21-22-16(24)26-9-13-20-15(25-23-13)11-4-7-19-12(17)8-11/h2-8H,9H2,1H3. The van der Waals surface area contributed by atoms with E-state index in [0.29, 0.717) is 22.6 Å². The number of hydrogen-bond donors (Lipinski definition) is 0. The lowest BCUT2D eigenvalue weighted by Gasteiger charge is -2.02. The fraction of sp³-hybridized carbons (Fsp3) is 0.125. The van der Waals surface area contributed by atoms with Crippen LogP contribution in [0.1, 0.15) is 5.82 Å². The molecule has 0 aliphatic rings. The Kier molecular flexibility index (Phi) is 4.63. The summed E-state index contributed by atoms with van der Waals surface area (Å²) < 4.78 is 7.21. The molecule has 0 radical (unpaired) electrons. The molecule has 0 atom stereocenters. The van der Waals surface area contributed by atoms with Gasteiger partial charge in [-0.3, -0.25) is 4.98 Å². The maximum atomic E-state index is 5.89. The zero-order valence-corrected chi connectivity index (χ0v) is 15.1. The molecule has 0 N–H and O–H groups in total. The first-order valence-corrected chi connectivity index (χ1v) is 8.94. The molecule has 130 valence electrons. The highest BCUT2D eigenvalue weighted by molar-refractivity contribution is 7.98. The lowest BCUT2D eigenvalue weighted by molar-refractivity contribution is 0.425. The summed E-state index contributed by atoms with van der Waals surface area (Å²) in [6, 6.07) is 7.23. The van der Waals surface area contributed by atoms with E-state index in [1.807, 2.05) is 23.7 Å². The number of halogens is 1. The number of aromatic nitrogens is 7. The first kappa shape index (κ1) is 16.7. The van der Waals surface area contributed by atoms with Gasteiger partial charge in [-0.2, -0.15) is 4.98 Å². The van der Waals surface area contributed by atoms with Gasteiger partial charge in [-0.25, -0.2) is 4.98 Å². The Morgan fingerprint density at radius 1 is 1.12 bits per heavy atom. The van der Waals surface area contributed by atoms with Gasteiger partial charge in [0.15, 0.2) is 16.8 Å². The second-order valence-corrected chi connectivity index (χ2v) is 6.60. The van der Waals surface area contributed by atoms with Crippen LogP contribution < -0.4 is 0 Å². The normalized spacial score (nSPS) is 11.0. The molecule has 0 saturated heterocycles. The molecule has 0 aliphatic carbocycles. The van der Waals surface area contributed by atoms with E-state index >= 15 is 0 Å². The van der Waals surface area contributed by atoms with Crippen molar-refractivity contribution in [2.45, 2.75) is 10.9 Å². The largest absolute Gasteiger partial charge is 0.334 e. The molecule has 26 heavy (non-hydrogen) atoms. The number of thioether (sulfide) groups is 1. The highest BCUT2D eigenvalue weighted by Gasteiger charge is 2.14. The second-order valence-electron chi connectivity index (χ2n) is 5.27. The van der Waals surface area contributed by atoms with Crippen LogP contribution in [0.25, 0.3) is 22.8 Å².